The maximum absolute atomic E-state index is 13.8. The van der Waals surface area contributed by atoms with Crippen LogP contribution in [0.15, 0.2) is 131 Å². The average Bonchev–Trinajstić information content (AvgIpc) is 4.07. The van der Waals surface area contributed by atoms with Crippen molar-refractivity contribution in [2.24, 2.45) is 0 Å². The fourth-order valence-corrected chi connectivity index (χ4v) is 10.3. The Hall–Kier alpha value is -5.25. The second-order valence-electron chi connectivity index (χ2n) is 15.6. The fraction of sp³-hybridized carbons (Fsp3) is 0.289. The van der Waals surface area contributed by atoms with Crippen LogP contribution in [0.4, 0.5) is 22.9 Å². The molecule has 0 spiro atoms. The molecular weight excluding hydrogens is 816 g/mol. The number of nitrogens with zero attached hydrogens (tertiary/aromatic N) is 6. The lowest BCUT2D eigenvalue weighted by molar-refractivity contribution is -0.384. The molecule has 1 unspecified atom stereocenters. The highest BCUT2D eigenvalue weighted by Crippen LogP contribution is 2.54. The summed E-state index contributed by atoms with van der Waals surface area (Å²) < 4.78 is 30.2. The van der Waals surface area contributed by atoms with E-state index in [0.717, 1.165) is 73.7 Å². The highest BCUT2D eigenvalue weighted by molar-refractivity contribution is 7.99. The Morgan fingerprint density at radius 2 is 1.63 bits per heavy atom. The summed E-state index contributed by atoms with van der Waals surface area (Å²) in [4.78, 5) is 28.4. The molecule has 8 rings (SSSR count). The maximum Gasteiger partial charge on any atom is 0.293 e. The lowest BCUT2D eigenvalue weighted by atomic mass is 9.92. The predicted octanol–water partition coefficient (Wildman–Crippen LogP) is 9.00. The number of thioether (sulfide) groups is 1. The van der Waals surface area contributed by atoms with Gasteiger partial charge in [-0.1, -0.05) is 66.2 Å². The van der Waals surface area contributed by atoms with Gasteiger partial charge in [0.2, 0.25) is 0 Å². The third kappa shape index (κ3) is 9.22. The topological polar surface area (TPSA) is 137 Å². The van der Waals surface area contributed by atoms with Gasteiger partial charge in [0.25, 0.3) is 15.7 Å². The Morgan fingerprint density at radius 3 is 2.33 bits per heavy atom. The van der Waals surface area contributed by atoms with Gasteiger partial charge < -0.3 is 15.1 Å². The van der Waals surface area contributed by atoms with Crippen molar-refractivity contribution in [1.29, 1.82) is 0 Å². The number of hydrogen-bond acceptors (Lipinski definition) is 11. The van der Waals surface area contributed by atoms with E-state index in [1.807, 2.05) is 74.8 Å². The van der Waals surface area contributed by atoms with E-state index in [9.17, 15) is 18.5 Å². The first-order chi connectivity index (χ1) is 29.0. The molecule has 0 radical (unpaired) electrons. The van der Waals surface area contributed by atoms with Crippen LogP contribution < -0.4 is 14.9 Å². The van der Waals surface area contributed by atoms with Gasteiger partial charge in [-0.15, -0.1) is 11.8 Å². The number of fused-ring (bicyclic) bond motifs is 1. The molecule has 0 amide bonds. The number of hydrogen-bond donors (Lipinski definition) is 2. The largest absolute Gasteiger partial charge is 0.376 e. The molecule has 0 bridgehead atoms. The van der Waals surface area contributed by atoms with E-state index in [1.54, 1.807) is 11.8 Å². The van der Waals surface area contributed by atoms with Crippen molar-refractivity contribution in [3.8, 4) is 11.1 Å². The smallest absolute Gasteiger partial charge is 0.293 e. The van der Waals surface area contributed by atoms with E-state index in [2.05, 4.69) is 71.1 Å². The minimum Gasteiger partial charge on any atom is -0.376 e. The molecule has 310 valence electrons. The van der Waals surface area contributed by atoms with Crippen LogP contribution >= 0.6 is 23.4 Å². The molecule has 1 saturated carbocycles. The second kappa shape index (κ2) is 17.8. The van der Waals surface area contributed by atoms with Gasteiger partial charge in [-0.05, 0) is 111 Å². The van der Waals surface area contributed by atoms with Crippen molar-refractivity contribution in [3.05, 3.63) is 142 Å². The van der Waals surface area contributed by atoms with E-state index in [4.69, 9.17) is 11.6 Å². The summed E-state index contributed by atoms with van der Waals surface area (Å²) in [6.07, 6.45) is 4.22. The monoisotopic (exact) mass is 862 g/mol. The molecule has 6 aromatic rings. The number of rotatable bonds is 16. The van der Waals surface area contributed by atoms with Gasteiger partial charge in [-0.3, -0.25) is 19.7 Å². The minimum atomic E-state index is -4.27. The van der Waals surface area contributed by atoms with E-state index < -0.39 is 14.9 Å². The first-order valence-corrected chi connectivity index (χ1v) is 22.8. The number of sulfonamides is 1. The molecule has 1 atom stereocenters. The summed E-state index contributed by atoms with van der Waals surface area (Å²) >= 11 is 8.24. The molecule has 5 aromatic carbocycles. The van der Waals surface area contributed by atoms with Crippen molar-refractivity contribution in [3.63, 3.8) is 0 Å². The Labute approximate surface area is 360 Å². The predicted molar refractivity (Wildman–Crippen MR) is 243 cm³/mol. The van der Waals surface area contributed by atoms with E-state index in [1.165, 1.54) is 35.2 Å². The zero-order valence-corrected chi connectivity index (χ0v) is 35.9. The minimum absolute atomic E-state index is 0.0435. The molecule has 2 fully saturated rings. The molecule has 60 heavy (non-hydrogen) atoms. The van der Waals surface area contributed by atoms with Crippen molar-refractivity contribution in [1.82, 2.24) is 19.8 Å². The molecule has 2 aliphatic rings. The van der Waals surface area contributed by atoms with Gasteiger partial charge in [0, 0.05) is 70.6 Å². The van der Waals surface area contributed by atoms with Crippen LogP contribution in [0, 0.1) is 10.1 Å². The lowest BCUT2D eigenvalue weighted by Gasteiger charge is -2.41. The van der Waals surface area contributed by atoms with Gasteiger partial charge in [-0.25, -0.2) is 18.4 Å². The van der Waals surface area contributed by atoms with E-state index in [0.29, 0.717) is 16.7 Å². The van der Waals surface area contributed by atoms with Crippen molar-refractivity contribution >= 4 is 67.2 Å². The van der Waals surface area contributed by atoms with Gasteiger partial charge in [0.1, 0.15) is 12.0 Å². The molecule has 1 aliphatic carbocycles. The first-order valence-electron chi connectivity index (χ1n) is 20.0. The molecule has 2 heterocycles. The standard InChI is InChI=1S/C45H47ClN8O4S2/c1-51(2)22-19-34(30-59-36-11-7-4-8-12-36)49-41-18-15-37(29-43(41)54(55)56)60(57,58)50-44-39-17-14-35(28-42(39)47-31-48-44)52-23-25-53(26-24-52)45(20-21-45)40-27-33(46)13-16-38(40)32-9-5-3-6-10-32/h3-18,27-29,31,34,49H,19-26,30H2,1-2H3,(H,47,48,50). The Morgan fingerprint density at radius 1 is 0.900 bits per heavy atom. The van der Waals surface area contributed by atoms with Crippen LogP contribution in [-0.2, 0) is 15.6 Å². The number of halogens is 1. The lowest BCUT2D eigenvalue weighted by Crippen LogP contribution is -2.50. The molecule has 15 heteroatoms. The zero-order chi connectivity index (χ0) is 41.9. The van der Waals surface area contributed by atoms with Crippen LogP contribution in [-0.4, -0.2) is 91.7 Å². The third-order valence-electron chi connectivity index (χ3n) is 11.3. The highest BCUT2D eigenvalue weighted by Gasteiger charge is 2.51. The average molecular weight is 864 g/mol. The fourth-order valence-electron chi connectivity index (χ4n) is 8.04. The number of nitro benzene ring substituents is 1. The highest BCUT2D eigenvalue weighted by atomic mass is 35.5. The third-order valence-corrected chi connectivity index (χ3v) is 14.1. The number of anilines is 3. The van der Waals surface area contributed by atoms with E-state index >= 15 is 0 Å². The molecular formula is C45H47ClN8O4S2. The summed E-state index contributed by atoms with van der Waals surface area (Å²) in [7, 11) is -0.315. The van der Waals surface area contributed by atoms with Crippen molar-refractivity contribution in [2.45, 2.75) is 40.6 Å². The number of benzene rings is 5. The normalized spacial score (nSPS) is 15.8. The second-order valence-corrected chi connectivity index (χ2v) is 18.8. The van der Waals surface area contributed by atoms with Crippen LogP contribution in [0.1, 0.15) is 24.8 Å². The van der Waals surface area contributed by atoms with E-state index in [-0.39, 0.29) is 33.7 Å². The number of piperazine rings is 1. The quantitative estimate of drug-likeness (QED) is 0.0548. The summed E-state index contributed by atoms with van der Waals surface area (Å²) in [6.45, 7) is 4.13. The zero-order valence-electron chi connectivity index (χ0n) is 33.5. The number of nitrogens with one attached hydrogen (secondary N) is 2. The summed E-state index contributed by atoms with van der Waals surface area (Å²) in [6, 6.07) is 36.3. The number of nitro groups is 1. The molecule has 12 nitrogen and oxygen atoms in total. The number of aromatic nitrogens is 2. The first kappa shape index (κ1) is 41.5. The van der Waals surface area contributed by atoms with Gasteiger partial charge in [-0.2, -0.15) is 0 Å². The van der Waals surface area contributed by atoms with Crippen molar-refractivity contribution in [2.75, 3.05) is 67.5 Å². The van der Waals surface area contributed by atoms with Crippen molar-refractivity contribution < 1.29 is 13.3 Å². The van der Waals surface area contributed by atoms with Crippen LogP contribution in [0.5, 0.6) is 0 Å². The summed E-state index contributed by atoms with van der Waals surface area (Å²) in [5.41, 5.74) is 5.14. The molecule has 1 saturated heterocycles. The van der Waals surface area contributed by atoms with Gasteiger partial charge >= 0.3 is 0 Å². The Balaban J connectivity index is 0.960. The molecule has 1 aromatic heterocycles. The Kier molecular flexibility index (Phi) is 12.3. The van der Waals surface area contributed by atoms with Crippen LogP contribution in [0.25, 0.3) is 22.0 Å². The SMILES string of the molecule is CN(C)CCC(CSc1ccccc1)Nc1ccc(S(=O)(=O)Nc2ncnc3cc(N4CCN(C5(c6cc(Cl)ccc6-c6ccccc6)CC5)CC4)ccc23)cc1[N+](=O)[O-]. The summed E-state index contributed by atoms with van der Waals surface area (Å²) in [5, 5.41) is 16.9. The molecule has 2 N–H and O–H groups in total. The maximum atomic E-state index is 13.8. The van der Waals surface area contributed by atoms with Crippen LogP contribution in [0.2, 0.25) is 5.02 Å². The van der Waals surface area contributed by atoms with Gasteiger partial charge in [0.15, 0.2) is 5.82 Å². The summed E-state index contributed by atoms with van der Waals surface area (Å²) in [5.74, 6) is 0.755. The molecule has 1 aliphatic heterocycles. The van der Waals surface area contributed by atoms with Crippen LogP contribution in [0.3, 0.4) is 0 Å². The van der Waals surface area contributed by atoms with Gasteiger partial charge in [0.05, 0.1) is 15.3 Å². The Bertz CT molecular complexity index is 2590.